The van der Waals surface area contributed by atoms with Crippen LogP contribution in [0, 0.1) is 0 Å². The number of hydrogen-bond donors (Lipinski definition) is 0. The molecular weight excluding hydrogens is 186 g/mol. The average molecular weight is 193 g/mol. The zero-order valence-corrected chi connectivity index (χ0v) is 9.38. The highest BCUT2D eigenvalue weighted by Crippen LogP contribution is 2.86. The summed E-state index contributed by atoms with van der Waals surface area (Å²) in [7, 11) is 11.8. The van der Waals surface area contributed by atoms with Crippen molar-refractivity contribution in [1.29, 1.82) is 0 Å². The third-order valence-electron chi connectivity index (χ3n) is 0.249. The molecule has 0 aromatic carbocycles. The van der Waals surface area contributed by atoms with Gasteiger partial charge in [0.25, 0.3) is 0 Å². The molecule has 0 aliphatic carbocycles. The monoisotopic (exact) mass is 193 g/mol. The second-order valence-electron chi connectivity index (χ2n) is 0.725. The lowest BCUT2D eigenvalue weighted by Gasteiger charge is -2.18. The molecule has 0 aliphatic heterocycles. The van der Waals surface area contributed by atoms with Crippen molar-refractivity contribution in [3.05, 3.63) is 0 Å². The molecule has 4 unspecified atom stereocenters. The van der Waals surface area contributed by atoms with Crippen LogP contribution in [0.15, 0.2) is 0 Å². The van der Waals surface area contributed by atoms with Crippen LogP contribution in [0.4, 0.5) is 0 Å². The van der Waals surface area contributed by atoms with Gasteiger partial charge in [0, 0.05) is 0 Å². The van der Waals surface area contributed by atoms with E-state index in [-0.39, 0.29) is 14.0 Å². The fourth-order valence-electron chi connectivity index (χ4n) is 0. The summed E-state index contributed by atoms with van der Waals surface area (Å²) in [6.07, 6.45) is 0. The van der Waals surface area contributed by atoms with Crippen molar-refractivity contribution in [2.45, 2.75) is 0 Å². The molecular formula is H7P6-. The van der Waals surface area contributed by atoms with Crippen LogP contribution >= 0.6 is 49.7 Å². The fourth-order valence-corrected chi connectivity index (χ4v) is 0. The maximum atomic E-state index is 3.50. The standard InChI is InChI=1S/H7P6/c1-5(2)6(3)4/h1H,2-4H2/q-1. The Morgan fingerprint density at radius 3 is 1.33 bits per heavy atom. The Labute approximate surface area is 50.2 Å². The first-order chi connectivity index (χ1) is 2.64. The Morgan fingerprint density at radius 1 is 1.17 bits per heavy atom. The molecule has 0 rings (SSSR count). The molecule has 0 nitrogen and oxygen atoms in total. The molecule has 0 bridgehead atoms. The van der Waals surface area contributed by atoms with E-state index in [0.29, 0.717) is 0 Å². The zero-order chi connectivity index (χ0) is 5.15. The summed E-state index contributed by atoms with van der Waals surface area (Å²) in [5.74, 6) is 0. The highest BCUT2D eigenvalue weighted by molar-refractivity contribution is 8.92. The van der Waals surface area contributed by atoms with Gasteiger partial charge in [-0.1, -0.05) is 6.99 Å². The minimum Gasteiger partial charge on any atom is -0.516 e. The molecule has 4 atom stereocenters. The minimum absolute atomic E-state index is 0.0535. The Hall–Kier alpha value is 2.58. The van der Waals surface area contributed by atoms with E-state index in [9.17, 15) is 0 Å². The van der Waals surface area contributed by atoms with E-state index in [0.717, 1.165) is 0 Å². The van der Waals surface area contributed by atoms with E-state index < -0.39 is 0 Å². The predicted molar refractivity (Wildman–Crippen MR) is 51.3 cm³/mol. The molecule has 6 heteroatoms. The molecule has 0 radical (unpaired) electrons. The topological polar surface area (TPSA) is 0 Å². The molecule has 0 amide bonds. The van der Waals surface area contributed by atoms with Gasteiger partial charge in [0.15, 0.2) is 0 Å². The second kappa shape index (κ2) is 4.46. The first-order valence-electron chi connectivity index (χ1n) is 1.20. The molecule has 0 heterocycles. The van der Waals surface area contributed by atoms with Crippen LogP contribution in [0.2, 0.25) is 0 Å². The molecule has 0 aromatic heterocycles. The van der Waals surface area contributed by atoms with Gasteiger partial charge in [-0.2, -0.15) is 0 Å². The lowest BCUT2D eigenvalue weighted by molar-refractivity contribution is 4.92. The molecule has 0 N–H and O–H groups in total. The molecule has 0 aliphatic rings. The van der Waals surface area contributed by atoms with Crippen LogP contribution in [0.1, 0.15) is 0 Å². The van der Waals surface area contributed by atoms with E-state index in [1.54, 1.807) is 0 Å². The van der Waals surface area contributed by atoms with Crippen molar-refractivity contribution in [2.75, 3.05) is 0 Å². The maximum absolute atomic E-state index is 3.50. The maximum Gasteiger partial charge on any atom is -0.0702 e. The van der Waals surface area contributed by atoms with E-state index in [2.05, 4.69) is 35.7 Å². The van der Waals surface area contributed by atoms with Gasteiger partial charge in [0.2, 0.25) is 0 Å². The van der Waals surface area contributed by atoms with Crippen LogP contribution in [0.5, 0.6) is 0 Å². The predicted octanol–water partition coefficient (Wildman–Crippen LogP) is 3.29. The first-order valence-corrected chi connectivity index (χ1v) is 10.8. The van der Waals surface area contributed by atoms with Gasteiger partial charge >= 0.3 is 0 Å². The van der Waals surface area contributed by atoms with Crippen LogP contribution in [0.3, 0.4) is 0 Å². The Bertz CT molecular complexity index is 21.0. The summed E-state index contributed by atoms with van der Waals surface area (Å²) in [6.45, 7) is 0.169. The Balaban J connectivity index is 2.99. The Kier molecular flexibility index (Phi) is 6.38. The third kappa shape index (κ3) is 4.73. The second-order valence-corrected chi connectivity index (χ2v) is 19.6. The summed E-state index contributed by atoms with van der Waals surface area (Å²) < 4.78 is 0. The number of rotatable bonds is 1. The first kappa shape index (κ1) is 8.58. The minimum atomic E-state index is 0.0535. The van der Waals surface area contributed by atoms with E-state index in [1.807, 2.05) is 0 Å². The van der Waals surface area contributed by atoms with Crippen molar-refractivity contribution in [2.24, 2.45) is 0 Å². The Morgan fingerprint density at radius 2 is 1.33 bits per heavy atom. The lowest BCUT2D eigenvalue weighted by Crippen LogP contribution is -1.14. The van der Waals surface area contributed by atoms with Crippen LogP contribution in [-0.2, 0) is 0 Å². The molecule has 0 spiro atoms. The normalized spacial score (nSPS) is 15.5. The van der Waals surface area contributed by atoms with E-state index in [1.165, 1.54) is 0 Å². The van der Waals surface area contributed by atoms with Crippen LogP contribution < -0.4 is 0 Å². The molecule has 0 saturated heterocycles. The average Bonchev–Trinajstić information content (AvgIpc) is 1.36. The summed E-state index contributed by atoms with van der Waals surface area (Å²) in [5.41, 5.74) is 0. The van der Waals surface area contributed by atoms with Gasteiger partial charge < -0.3 is 8.93 Å². The third-order valence-corrected chi connectivity index (χ3v) is 20.2. The molecule has 0 saturated carbocycles. The lowest BCUT2D eigenvalue weighted by atomic mass is 29.0. The van der Waals surface area contributed by atoms with Crippen molar-refractivity contribution in [3.63, 3.8) is 0 Å². The molecule has 6 heavy (non-hydrogen) atoms. The van der Waals surface area contributed by atoms with Gasteiger partial charge in [-0.15, -0.1) is 26.8 Å². The van der Waals surface area contributed by atoms with Crippen molar-refractivity contribution >= 4 is 49.7 Å². The van der Waals surface area contributed by atoms with Gasteiger partial charge in [-0.3, -0.25) is 0 Å². The fraction of sp³-hybridized carbons (Fsp3) is 0. The van der Waals surface area contributed by atoms with Crippen molar-refractivity contribution < 1.29 is 0 Å². The van der Waals surface area contributed by atoms with Crippen molar-refractivity contribution in [3.8, 4) is 0 Å². The molecule has 0 fully saturated rings. The summed E-state index contributed by atoms with van der Waals surface area (Å²) >= 11 is 0. The highest BCUT2D eigenvalue weighted by Gasteiger charge is 1.84. The van der Waals surface area contributed by atoms with Crippen LogP contribution in [0.25, 0.3) is 0 Å². The van der Waals surface area contributed by atoms with Crippen LogP contribution in [-0.4, -0.2) is 0 Å². The van der Waals surface area contributed by atoms with E-state index in [4.69, 9.17) is 0 Å². The van der Waals surface area contributed by atoms with Gasteiger partial charge in [0.05, 0.1) is 0 Å². The molecule has 0 aromatic rings. The highest BCUT2D eigenvalue weighted by atomic mass is 33.0. The van der Waals surface area contributed by atoms with E-state index >= 15 is 0 Å². The van der Waals surface area contributed by atoms with Gasteiger partial charge in [-0.05, 0) is 0 Å². The summed E-state index contributed by atoms with van der Waals surface area (Å²) in [6, 6.07) is 0. The quantitative estimate of drug-likeness (QED) is 0.560. The van der Waals surface area contributed by atoms with Gasteiger partial charge in [0.1, 0.15) is 0 Å². The molecule has 38 valence electrons. The summed E-state index contributed by atoms with van der Waals surface area (Å²) in [5, 5.41) is 0. The van der Waals surface area contributed by atoms with Gasteiger partial charge in [-0.25, -0.2) is 6.99 Å². The number of hydrogen-bond acceptors (Lipinski definition) is 0. The largest absolute Gasteiger partial charge is 0.516 e. The zero-order valence-electron chi connectivity index (χ0n) is 3.13. The smallest absolute Gasteiger partial charge is 0.0702 e. The summed E-state index contributed by atoms with van der Waals surface area (Å²) in [4.78, 5) is 0. The van der Waals surface area contributed by atoms with Crippen molar-refractivity contribution in [1.82, 2.24) is 0 Å². The SMILES string of the molecule is [PH-]P(P)P(P)P.